The topological polar surface area (TPSA) is 237 Å². The molecule has 0 aromatic rings. The largest absolute Gasteiger partial charge is 0.472 e. The summed E-state index contributed by atoms with van der Waals surface area (Å²) in [5.41, 5.74) is 0. The zero-order chi connectivity index (χ0) is 74.4. The normalized spacial score (nSPS) is 14.2. The molecule has 0 saturated carbocycles. The van der Waals surface area contributed by atoms with Crippen LogP contribution in [-0.4, -0.2) is 96.7 Å². The molecule has 0 aromatic carbocycles. The van der Waals surface area contributed by atoms with Gasteiger partial charge in [-0.05, 0) is 43.4 Å². The highest BCUT2D eigenvalue weighted by atomic mass is 31.2. The van der Waals surface area contributed by atoms with Crippen molar-refractivity contribution in [3.8, 4) is 0 Å². The molecule has 0 rings (SSSR count). The van der Waals surface area contributed by atoms with Crippen LogP contribution in [0.2, 0.25) is 0 Å². The van der Waals surface area contributed by atoms with E-state index in [0.29, 0.717) is 25.7 Å². The maximum absolute atomic E-state index is 13.1. The number of carbonyl (C=O) groups is 4. The summed E-state index contributed by atoms with van der Waals surface area (Å²) >= 11 is 0. The molecule has 600 valence electrons. The van der Waals surface area contributed by atoms with Crippen LogP contribution in [0.5, 0.6) is 0 Å². The van der Waals surface area contributed by atoms with Gasteiger partial charge in [-0.25, -0.2) is 9.13 Å². The Kier molecular flexibility index (Phi) is 70.9. The number of unbranched alkanes of at least 4 members (excludes halogenated alkanes) is 47. The Hall–Kier alpha value is -1.94. The number of rotatable bonds is 80. The van der Waals surface area contributed by atoms with Gasteiger partial charge in [0.15, 0.2) is 12.2 Å². The second kappa shape index (κ2) is 72.3. The number of hydrogen-bond donors (Lipinski definition) is 3. The lowest BCUT2D eigenvalue weighted by Crippen LogP contribution is -2.30. The summed E-state index contributed by atoms with van der Waals surface area (Å²) in [7, 11) is -9.92. The van der Waals surface area contributed by atoms with Crippen molar-refractivity contribution >= 4 is 39.5 Å². The molecule has 0 spiro atoms. The number of phosphoric ester groups is 2. The van der Waals surface area contributed by atoms with Crippen LogP contribution < -0.4 is 0 Å². The van der Waals surface area contributed by atoms with Gasteiger partial charge in [0, 0.05) is 25.7 Å². The van der Waals surface area contributed by atoms with Gasteiger partial charge in [0.1, 0.15) is 19.3 Å². The molecule has 0 saturated heterocycles. The van der Waals surface area contributed by atoms with Gasteiger partial charge < -0.3 is 33.8 Å². The van der Waals surface area contributed by atoms with Crippen molar-refractivity contribution in [2.45, 2.75) is 446 Å². The van der Waals surface area contributed by atoms with Crippen LogP contribution in [0.3, 0.4) is 0 Å². The first-order valence-corrected chi connectivity index (χ1v) is 45.4. The quantitative estimate of drug-likeness (QED) is 0.0222. The number of ether oxygens (including phenoxy) is 4. The molecule has 0 amide bonds. The van der Waals surface area contributed by atoms with Gasteiger partial charge >= 0.3 is 39.5 Å². The fourth-order valence-electron chi connectivity index (χ4n) is 12.6. The van der Waals surface area contributed by atoms with E-state index >= 15 is 0 Å². The van der Waals surface area contributed by atoms with E-state index in [0.717, 1.165) is 108 Å². The minimum absolute atomic E-state index is 0.107. The van der Waals surface area contributed by atoms with E-state index in [4.69, 9.17) is 37.0 Å². The number of aliphatic hydroxyl groups is 1. The standard InChI is InChI=1S/C82H160O17P2/c1-8-10-11-12-13-14-15-16-24-30-35-44-51-58-65-81(86)99-78(70-93-80(85)64-57-50-43-38-37-40-47-54-61-74(5)6)72-97-101(90,91)95-68-76(83)67-94-100(88,89)96-71-77(98-82(87)66-59-52-45-36-31-26-19-17-18-22-27-32-39-46-53-60-73(3)4)69-92-79(84)63-56-49-42-34-29-25-21-20-23-28-33-41-48-55-62-75(7)9-2/h73-78,83H,8-72H2,1-7H3,(H,88,89)(H,90,91)/t75?,76-,77-,78-/m1/s1. The first-order valence-electron chi connectivity index (χ1n) is 42.4. The van der Waals surface area contributed by atoms with Crippen LogP contribution in [-0.2, 0) is 65.4 Å². The molecule has 0 radical (unpaired) electrons. The van der Waals surface area contributed by atoms with Crippen molar-refractivity contribution in [2.75, 3.05) is 39.6 Å². The molecule has 0 fully saturated rings. The summed E-state index contributed by atoms with van der Waals surface area (Å²) in [6.07, 6.45) is 60.9. The van der Waals surface area contributed by atoms with Crippen molar-refractivity contribution in [3.05, 3.63) is 0 Å². The SMILES string of the molecule is CCCCCCCCCCCCCCCCC(=O)O[C@H](COC(=O)CCCCCCCCCCC(C)C)COP(=O)(O)OC[C@H](O)COP(=O)(O)OC[C@@H](COC(=O)CCCCCCCCCCCCCCCCC(C)CC)OC(=O)CCCCCCCCCCCCCCCCCC(C)C. The van der Waals surface area contributed by atoms with Gasteiger partial charge in [-0.15, -0.1) is 0 Å². The molecule has 6 atom stereocenters. The van der Waals surface area contributed by atoms with Gasteiger partial charge in [-0.1, -0.05) is 376 Å². The van der Waals surface area contributed by atoms with Crippen LogP contribution in [0.25, 0.3) is 0 Å². The first kappa shape index (κ1) is 99.1. The van der Waals surface area contributed by atoms with Gasteiger partial charge in [0.05, 0.1) is 26.4 Å². The van der Waals surface area contributed by atoms with Crippen molar-refractivity contribution in [2.24, 2.45) is 17.8 Å². The summed E-state index contributed by atoms with van der Waals surface area (Å²) in [6.45, 7) is 12.0. The Morgan fingerprint density at radius 1 is 0.287 bits per heavy atom. The monoisotopic (exact) mass is 1480 g/mol. The van der Waals surface area contributed by atoms with Crippen molar-refractivity contribution in [3.63, 3.8) is 0 Å². The van der Waals surface area contributed by atoms with Gasteiger partial charge in [-0.3, -0.25) is 37.3 Å². The fraction of sp³-hybridized carbons (Fsp3) is 0.951. The molecule has 0 aliphatic carbocycles. The van der Waals surface area contributed by atoms with E-state index in [1.165, 1.54) is 238 Å². The summed E-state index contributed by atoms with van der Waals surface area (Å²) in [5.74, 6) is 0.271. The smallest absolute Gasteiger partial charge is 0.462 e. The molecule has 0 aromatic heterocycles. The van der Waals surface area contributed by atoms with E-state index < -0.39 is 97.5 Å². The minimum Gasteiger partial charge on any atom is -0.462 e. The van der Waals surface area contributed by atoms with E-state index in [2.05, 4.69) is 48.5 Å². The molecule has 19 heteroatoms. The highest BCUT2D eigenvalue weighted by Crippen LogP contribution is 2.45. The molecular weight excluding hydrogens is 1320 g/mol. The third kappa shape index (κ3) is 74.7. The third-order valence-corrected chi connectivity index (χ3v) is 21.4. The van der Waals surface area contributed by atoms with E-state index in [1.807, 2.05) is 0 Å². The number of aliphatic hydroxyl groups excluding tert-OH is 1. The Morgan fingerprint density at radius 3 is 0.752 bits per heavy atom. The molecule has 0 bridgehead atoms. The summed E-state index contributed by atoms with van der Waals surface area (Å²) < 4.78 is 68.8. The van der Waals surface area contributed by atoms with Gasteiger partial charge in [-0.2, -0.15) is 0 Å². The molecular formula is C82H160O17P2. The average molecular weight is 1480 g/mol. The zero-order valence-corrected chi connectivity index (χ0v) is 68.2. The lowest BCUT2D eigenvalue weighted by molar-refractivity contribution is -0.161. The lowest BCUT2D eigenvalue weighted by Gasteiger charge is -2.21. The third-order valence-electron chi connectivity index (χ3n) is 19.5. The number of esters is 4. The maximum Gasteiger partial charge on any atom is 0.472 e. The predicted molar refractivity (Wildman–Crippen MR) is 414 cm³/mol. The minimum atomic E-state index is -4.96. The van der Waals surface area contributed by atoms with Crippen LogP contribution >= 0.6 is 15.6 Å². The second-order valence-corrected chi connectivity index (χ2v) is 33.6. The van der Waals surface area contributed by atoms with Crippen LogP contribution in [0.4, 0.5) is 0 Å². The fourth-order valence-corrected chi connectivity index (χ4v) is 14.2. The zero-order valence-electron chi connectivity index (χ0n) is 66.4. The summed E-state index contributed by atoms with van der Waals surface area (Å²) in [6, 6.07) is 0. The predicted octanol–water partition coefficient (Wildman–Crippen LogP) is 24.5. The molecule has 101 heavy (non-hydrogen) atoms. The summed E-state index contributed by atoms with van der Waals surface area (Å²) in [4.78, 5) is 73.1. The Labute approximate surface area is 619 Å². The van der Waals surface area contributed by atoms with Crippen LogP contribution in [0.1, 0.15) is 427 Å². The van der Waals surface area contributed by atoms with Crippen LogP contribution in [0, 0.1) is 17.8 Å². The highest BCUT2D eigenvalue weighted by Gasteiger charge is 2.30. The van der Waals surface area contributed by atoms with Gasteiger partial charge in [0.25, 0.3) is 0 Å². The average Bonchev–Trinajstić information content (AvgIpc) is 1.02. The number of phosphoric acid groups is 2. The molecule has 0 heterocycles. The lowest BCUT2D eigenvalue weighted by atomic mass is 9.99. The van der Waals surface area contributed by atoms with Crippen molar-refractivity contribution < 1.29 is 80.2 Å². The van der Waals surface area contributed by atoms with E-state index in [-0.39, 0.29) is 25.7 Å². The number of hydrogen-bond acceptors (Lipinski definition) is 15. The molecule has 3 N–H and O–H groups in total. The molecule has 0 aliphatic heterocycles. The molecule has 17 nitrogen and oxygen atoms in total. The maximum atomic E-state index is 13.1. The van der Waals surface area contributed by atoms with E-state index in [1.54, 1.807) is 0 Å². The second-order valence-electron chi connectivity index (χ2n) is 30.7. The summed E-state index contributed by atoms with van der Waals surface area (Å²) in [5, 5.41) is 10.7. The Morgan fingerprint density at radius 2 is 0.505 bits per heavy atom. The number of carbonyl (C=O) groups excluding carboxylic acids is 4. The Bertz CT molecular complexity index is 1960. The van der Waals surface area contributed by atoms with Gasteiger partial charge in [0.2, 0.25) is 0 Å². The first-order chi connectivity index (χ1) is 48.8. The Balaban J connectivity index is 5.25. The van der Waals surface area contributed by atoms with Crippen LogP contribution in [0.15, 0.2) is 0 Å². The van der Waals surface area contributed by atoms with Crippen molar-refractivity contribution in [1.82, 2.24) is 0 Å². The van der Waals surface area contributed by atoms with E-state index in [9.17, 15) is 43.2 Å². The molecule has 3 unspecified atom stereocenters. The highest BCUT2D eigenvalue weighted by molar-refractivity contribution is 7.47. The molecule has 0 aliphatic rings. The van der Waals surface area contributed by atoms with Crippen molar-refractivity contribution in [1.29, 1.82) is 0 Å².